The Morgan fingerprint density at radius 2 is 1.74 bits per heavy atom. The Kier molecular flexibility index (Phi) is 2.89. The van der Waals surface area contributed by atoms with Gasteiger partial charge in [-0.05, 0) is 33.9 Å². The molecule has 3 rings (SSSR count). The van der Waals surface area contributed by atoms with E-state index in [9.17, 15) is 0 Å². The maximum absolute atomic E-state index is 8.37. The largest absolute Gasteiger partial charge is 0.0616 e. The zero-order valence-corrected chi connectivity index (χ0v) is 10.2. The molecule has 0 spiro atoms. The van der Waals surface area contributed by atoms with Crippen LogP contribution in [0.25, 0.3) is 28.2 Å². The number of benzene rings is 2. The first-order chi connectivity index (χ1) is 9.36. The average molecular weight is 245 g/mol. The molecule has 0 heterocycles. The maximum atomic E-state index is 8.37. The van der Waals surface area contributed by atoms with Crippen molar-refractivity contribution in [2.24, 2.45) is 5.11 Å². The third-order valence-corrected chi connectivity index (χ3v) is 3.09. The van der Waals surface area contributed by atoms with Gasteiger partial charge in [0.2, 0.25) is 0 Å². The van der Waals surface area contributed by atoms with Crippen molar-refractivity contribution in [1.29, 1.82) is 0 Å². The molecule has 2 aromatic carbocycles. The first-order valence-electron chi connectivity index (χ1n) is 6.01. The Hall–Kier alpha value is -2.77. The lowest BCUT2D eigenvalue weighted by atomic mass is 10.0. The van der Waals surface area contributed by atoms with E-state index in [0.29, 0.717) is 5.69 Å². The van der Waals surface area contributed by atoms with Gasteiger partial charge in [0.15, 0.2) is 0 Å². The summed E-state index contributed by atoms with van der Waals surface area (Å²) >= 11 is 0. The van der Waals surface area contributed by atoms with Crippen molar-refractivity contribution in [2.75, 3.05) is 0 Å². The van der Waals surface area contributed by atoms with Gasteiger partial charge < -0.3 is 0 Å². The minimum Gasteiger partial charge on any atom is -0.0616 e. The first-order valence-corrected chi connectivity index (χ1v) is 6.01. The number of allylic oxidation sites excluding steroid dienone is 2. The normalized spacial score (nSPS) is 14.2. The summed E-state index contributed by atoms with van der Waals surface area (Å²) in [5.74, 6) is 0. The molecule has 19 heavy (non-hydrogen) atoms. The summed E-state index contributed by atoms with van der Waals surface area (Å²) in [5, 5.41) is 3.56. The highest BCUT2D eigenvalue weighted by atomic mass is 15.1. The zero-order chi connectivity index (χ0) is 13.1. The second kappa shape index (κ2) is 4.84. The average Bonchev–Trinajstić information content (AvgIpc) is 2.85. The molecular formula is C16H11N3. The Balaban J connectivity index is 1.95. The molecule has 90 valence electrons. The summed E-state index contributed by atoms with van der Waals surface area (Å²) in [6, 6.07) is 15.9. The monoisotopic (exact) mass is 245 g/mol. The number of hydrogen-bond acceptors (Lipinski definition) is 1. The third-order valence-electron chi connectivity index (χ3n) is 3.09. The van der Waals surface area contributed by atoms with E-state index in [1.165, 1.54) is 16.7 Å². The second-order valence-corrected chi connectivity index (χ2v) is 4.30. The van der Waals surface area contributed by atoms with Crippen molar-refractivity contribution >= 4 is 23.4 Å². The van der Waals surface area contributed by atoms with Gasteiger partial charge in [0.05, 0.1) is 0 Å². The molecular weight excluding hydrogens is 234 g/mol. The first kappa shape index (κ1) is 11.3. The van der Waals surface area contributed by atoms with Crippen LogP contribution in [0.15, 0.2) is 59.7 Å². The van der Waals surface area contributed by atoms with E-state index in [-0.39, 0.29) is 0 Å². The molecule has 0 radical (unpaired) electrons. The summed E-state index contributed by atoms with van der Waals surface area (Å²) in [6.45, 7) is 0. The van der Waals surface area contributed by atoms with Crippen molar-refractivity contribution in [3.8, 4) is 0 Å². The van der Waals surface area contributed by atoms with Crippen molar-refractivity contribution in [2.45, 2.75) is 0 Å². The fraction of sp³-hybridized carbons (Fsp3) is 0. The van der Waals surface area contributed by atoms with E-state index in [2.05, 4.69) is 40.4 Å². The van der Waals surface area contributed by atoms with Crippen molar-refractivity contribution < 1.29 is 0 Å². The predicted octanol–water partition coefficient (Wildman–Crippen LogP) is 5.20. The zero-order valence-electron chi connectivity index (χ0n) is 10.2. The molecule has 0 bridgehead atoms. The van der Waals surface area contributed by atoms with Gasteiger partial charge in [0.1, 0.15) is 0 Å². The fourth-order valence-corrected chi connectivity index (χ4v) is 2.17. The van der Waals surface area contributed by atoms with Crippen LogP contribution in [0.1, 0.15) is 16.7 Å². The SMILES string of the molecule is [N-]=[N+]=Nc1ccc(/C=C2\C=Cc3ccccc32)cc1. The van der Waals surface area contributed by atoms with Gasteiger partial charge in [-0.15, -0.1) is 0 Å². The van der Waals surface area contributed by atoms with Crippen LogP contribution in [-0.2, 0) is 0 Å². The summed E-state index contributed by atoms with van der Waals surface area (Å²) in [7, 11) is 0. The van der Waals surface area contributed by atoms with Crippen molar-refractivity contribution in [3.63, 3.8) is 0 Å². The second-order valence-electron chi connectivity index (χ2n) is 4.30. The lowest BCUT2D eigenvalue weighted by molar-refractivity contribution is 1.47. The van der Waals surface area contributed by atoms with E-state index in [1.807, 2.05) is 36.4 Å². The molecule has 3 nitrogen and oxygen atoms in total. The third kappa shape index (κ3) is 2.28. The molecule has 1 aliphatic rings. The quantitative estimate of drug-likeness (QED) is 0.397. The number of nitrogens with zero attached hydrogens (tertiary/aromatic N) is 3. The molecule has 0 saturated heterocycles. The minimum atomic E-state index is 0.631. The van der Waals surface area contributed by atoms with Crippen LogP contribution < -0.4 is 0 Å². The van der Waals surface area contributed by atoms with E-state index in [0.717, 1.165) is 5.56 Å². The molecule has 0 atom stereocenters. The van der Waals surface area contributed by atoms with E-state index in [4.69, 9.17) is 5.53 Å². The Morgan fingerprint density at radius 1 is 0.947 bits per heavy atom. The van der Waals surface area contributed by atoms with Gasteiger partial charge in [-0.1, -0.05) is 65.8 Å². The van der Waals surface area contributed by atoms with Gasteiger partial charge in [-0.25, -0.2) is 0 Å². The minimum absolute atomic E-state index is 0.631. The number of rotatable bonds is 2. The lowest BCUT2D eigenvalue weighted by Crippen LogP contribution is -1.80. The van der Waals surface area contributed by atoms with Gasteiger partial charge in [-0.3, -0.25) is 0 Å². The van der Waals surface area contributed by atoms with Crippen LogP contribution >= 0.6 is 0 Å². The number of hydrogen-bond donors (Lipinski definition) is 0. The molecule has 0 unspecified atom stereocenters. The van der Waals surface area contributed by atoms with Crippen molar-refractivity contribution in [3.05, 3.63) is 81.7 Å². The summed E-state index contributed by atoms with van der Waals surface area (Å²) < 4.78 is 0. The highest BCUT2D eigenvalue weighted by Crippen LogP contribution is 2.30. The van der Waals surface area contributed by atoms with Gasteiger partial charge in [0, 0.05) is 10.6 Å². The number of azide groups is 1. The number of fused-ring (bicyclic) bond motifs is 1. The van der Waals surface area contributed by atoms with Crippen LogP contribution in [0.2, 0.25) is 0 Å². The highest BCUT2D eigenvalue weighted by molar-refractivity contribution is 5.97. The summed E-state index contributed by atoms with van der Waals surface area (Å²) in [4.78, 5) is 2.77. The lowest BCUT2D eigenvalue weighted by Gasteiger charge is -2.01. The smallest absolute Gasteiger partial charge is 0.0375 e. The van der Waals surface area contributed by atoms with E-state index in [1.54, 1.807) is 0 Å². The van der Waals surface area contributed by atoms with E-state index < -0.39 is 0 Å². The molecule has 2 aromatic rings. The Morgan fingerprint density at radius 3 is 2.53 bits per heavy atom. The van der Waals surface area contributed by atoms with Gasteiger partial charge in [0.25, 0.3) is 0 Å². The summed E-state index contributed by atoms with van der Waals surface area (Å²) in [5.41, 5.74) is 13.8. The van der Waals surface area contributed by atoms with Crippen LogP contribution in [0, 0.1) is 0 Å². The Bertz CT molecular complexity index is 718. The van der Waals surface area contributed by atoms with Gasteiger partial charge in [-0.2, -0.15) is 0 Å². The molecule has 0 fully saturated rings. The summed E-state index contributed by atoms with van der Waals surface area (Å²) in [6.07, 6.45) is 6.36. The Labute approximate surface area is 111 Å². The molecule has 3 heteroatoms. The topological polar surface area (TPSA) is 48.8 Å². The molecule has 1 aliphatic carbocycles. The molecule has 0 aromatic heterocycles. The standard InChI is InChI=1S/C16H11N3/c17-19-18-15-9-5-12(6-10-15)11-14-8-7-13-3-1-2-4-16(13)14/h1-11H/b14-11+. The van der Waals surface area contributed by atoms with Crippen LogP contribution in [0.5, 0.6) is 0 Å². The van der Waals surface area contributed by atoms with Gasteiger partial charge >= 0.3 is 0 Å². The fourth-order valence-electron chi connectivity index (χ4n) is 2.17. The van der Waals surface area contributed by atoms with Crippen LogP contribution in [0.3, 0.4) is 0 Å². The van der Waals surface area contributed by atoms with Crippen LogP contribution in [-0.4, -0.2) is 0 Å². The molecule has 0 amide bonds. The van der Waals surface area contributed by atoms with E-state index >= 15 is 0 Å². The van der Waals surface area contributed by atoms with Crippen molar-refractivity contribution in [1.82, 2.24) is 0 Å². The maximum Gasteiger partial charge on any atom is 0.0375 e. The molecule has 0 aliphatic heterocycles. The van der Waals surface area contributed by atoms with Crippen LogP contribution in [0.4, 0.5) is 5.69 Å². The predicted molar refractivity (Wildman–Crippen MR) is 78.6 cm³/mol. The highest BCUT2D eigenvalue weighted by Gasteiger charge is 2.08. The molecule has 0 saturated carbocycles. The molecule has 0 N–H and O–H groups in total.